The van der Waals surface area contributed by atoms with Crippen LogP contribution in [-0.4, -0.2) is 8.80 Å². The molecule has 3 aromatic heterocycles. The van der Waals surface area contributed by atoms with E-state index < -0.39 is 0 Å². The van der Waals surface area contributed by atoms with Crippen molar-refractivity contribution in [3.8, 4) is 0 Å². The highest BCUT2D eigenvalue weighted by Crippen LogP contribution is 2.45. The molecule has 35 heavy (non-hydrogen) atoms. The molecule has 0 aliphatic heterocycles. The summed E-state index contributed by atoms with van der Waals surface area (Å²) in [6.07, 6.45) is 0. The van der Waals surface area contributed by atoms with Crippen LogP contribution in [-0.2, 0) is 0 Å². The van der Waals surface area contributed by atoms with E-state index in [4.69, 9.17) is 0 Å². The summed E-state index contributed by atoms with van der Waals surface area (Å²) < 4.78 is 4.91. The van der Waals surface area contributed by atoms with Gasteiger partial charge in [-0.15, -0.1) is 0 Å². The van der Waals surface area contributed by atoms with Gasteiger partial charge in [-0.05, 0) is 48.5 Å². The average molecular weight is 448 g/mol. The zero-order chi connectivity index (χ0) is 22.9. The van der Waals surface area contributed by atoms with Crippen molar-refractivity contribution in [2.45, 2.75) is 0 Å². The van der Waals surface area contributed by atoms with E-state index in [9.17, 15) is 0 Å². The Kier molecular flexibility index (Phi) is 3.66. The number of hydrogen-bond acceptors (Lipinski definition) is 1. The van der Waals surface area contributed by atoms with E-state index >= 15 is 0 Å². The van der Waals surface area contributed by atoms with Gasteiger partial charge >= 0.3 is 0 Å². The third-order valence-corrected chi connectivity index (χ3v) is 7.20. The zero-order valence-electron chi connectivity index (χ0n) is 19.0. The van der Waals surface area contributed by atoms with Crippen molar-refractivity contribution in [2.24, 2.45) is 0 Å². The standard InChI is InChI=1S/C32H21N3/c1-3-12-22(13-4-1)33(23-14-5-2-6-15-23)28-20-11-21-29-31(28)35-27-19-10-8-17-25(27)30-24-16-7-9-18-26(24)34(29)32(30)35/h1-21H. The third kappa shape index (κ3) is 2.39. The highest BCUT2D eigenvalue weighted by atomic mass is 15.2. The predicted molar refractivity (Wildman–Crippen MR) is 147 cm³/mol. The smallest absolute Gasteiger partial charge is 0.131 e. The molecule has 8 aromatic rings. The van der Waals surface area contributed by atoms with Crippen LogP contribution in [0.25, 0.3) is 43.9 Å². The first-order valence-corrected chi connectivity index (χ1v) is 12.0. The number of hydrogen-bond donors (Lipinski definition) is 0. The molecule has 0 saturated heterocycles. The lowest BCUT2D eigenvalue weighted by molar-refractivity contribution is 1.26. The van der Waals surface area contributed by atoms with Gasteiger partial charge < -0.3 is 4.90 Å². The first-order valence-electron chi connectivity index (χ1n) is 12.0. The molecule has 0 atom stereocenters. The van der Waals surface area contributed by atoms with Crippen LogP contribution in [0.15, 0.2) is 127 Å². The number of imidazole rings is 1. The Hall–Kier alpha value is -4.76. The van der Waals surface area contributed by atoms with E-state index in [0.29, 0.717) is 0 Å². The van der Waals surface area contributed by atoms with E-state index in [0.717, 1.165) is 17.1 Å². The summed E-state index contributed by atoms with van der Waals surface area (Å²) in [7, 11) is 0. The molecule has 0 amide bonds. The SMILES string of the molecule is c1ccc(N(c2ccccc2)c2cccc3c2n2c4ccccc4c4c5ccccc5n3c42)cc1. The maximum absolute atomic E-state index is 2.47. The van der Waals surface area contributed by atoms with Gasteiger partial charge in [-0.3, -0.25) is 8.80 Å². The van der Waals surface area contributed by atoms with Crippen LogP contribution in [0.4, 0.5) is 17.1 Å². The summed E-state index contributed by atoms with van der Waals surface area (Å²) in [6.45, 7) is 0. The Labute approximate surface area is 202 Å². The number of fused-ring (bicyclic) bond motifs is 9. The monoisotopic (exact) mass is 447 g/mol. The van der Waals surface area contributed by atoms with Crippen LogP contribution in [0.3, 0.4) is 0 Å². The van der Waals surface area contributed by atoms with Gasteiger partial charge in [-0.25, -0.2) is 0 Å². The molecule has 0 saturated carbocycles. The molecule has 5 aromatic carbocycles. The molecule has 8 rings (SSSR count). The van der Waals surface area contributed by atoms with Crippen LogP contribution < -0.4 is 4.90 Å². The molecule has 0 aliphatic rings. The lowest BCUT2D eigenvalue weighted by Gasteiger charge is -2.26. The van der Waals surface area contributed by atoms with E-state index in [1.807, 2.05) is 0 Å². The molecule has 0 aliphatic carbocycles. The molecule has 3 heteroatoms. The van der Waals surface area contributed by atoms with Crippen LogP contribution in [0, 0.1) is 0 Å². The number of benzene rings is 5. The molecule has 0 N–H and O–H groups in total. The highest BCUT2D eigenvalue weighted by molar-refractivity contribution is 6.24. The van der Waals surface area contributed by atoms with Crippen molar-refractivity contribution in [3.05, 3.63) is 127 Å². The van der Waals surface area contributed by atoms with Crippen LogP contribution in [0.1, 0.15) is 0 Å². The second-order valence-electron chi connectivity index (χ2n) is 9.06. The molecule has 3 heterocycles. The maximum Gasteiger partial charge on any atom is 0.131 e. The topological polar surface area (TPSA) is 12.1 Å². The quantitative estimate of drug-likeness (QED) is 0.264. The molecular formula is C32H21N3. The first kappa shape index (κ1) is 18.6. The number of anilines is 3. The fourth-order valence-corrected chi connectivity index (χ4v) is 5.86. The second kappa shape index (κ2) is 6.87. The van der Waals surface area contributed by atoms with Gasteiger partial charge in [0.1, 0.15) is 5.65 Å². The Morgan fingerprint density at radius 1 is 0.429 bits per heavy atom. The lowest BCUT2D eigenvalue weighted by Crippen LogP contribution is -2.10. The molecule has 0 bridgehead atoms. The summed E-state index contributed by atoms with van der Waals surface area (Å²) in [4.78, 5) is 2.37. The van der Waals surface area contributed by atoms with Gasteiger partial charge in [0.05, 0.1) is 27.8 Å². The van der Waals surface area contributed by atoms with Gasteiger partial charge in [0.2, 0.25) is 0 Å². The van der Waals surface area contributed by atoms with Crippen molar-refractivity contribution >= 4 is 60.9 Å². The largest absolute Gasteiger partial charge is 0.308 e. The molecule has 0 unspecified atom stereocenters. The first-order chi connectivity index (χ1) is 17.4. The molecule has 164 valence electrons. The van der Waals surface area contributed by atoms with Gasteiger partial charge in [-0.2, -0.15) is 0 Å². The van der Waals surface area contributed by atoms with Crippen molar-refractivity contribution in [3.63, 3.8) is 0 Å². The fraction of sp³-hybridized carbons (Fsp3) is 0. The summed E-state index contributed by atoms with van der Waals surface area (Å²) >= 11 is 0. The minimum atomic E-state index is 1.14. The number of nitrogens with zero attached hydrogens (tertiary/aromatic N) is 3. The second-order valence-corrected chi connectivity index (χ2v) is 9.06. The van der Waals surface area contributed by atoms with Gasteiger partial charge in [0, 0.05) is 27.5 Å². The third-order valence-electron chi connectivity index (χ3n) is 7.20. The van der Waals surface area contributed by atoms with Gasteiger partial charge in [0.15, 0.2) is 0 Å². The number of para-hydroxylation sites is 5. The molecule has 0 spiro atoms. The average Bonchev–Trinajstić information content (AvgIpc) is 3.55. The van der Waals surface area contributed by atoms with Crippen molar-refractivity contribution in [1.82, 2.24) is 8.80 Å². The Bertz CT molecular complexity index is 1950. The van der Waals surface area contributed by atoms with Crippen molar-refractivity contribution < 1.29 is 0 Å². The Morgan fingerprint density at radius 3 is 1.57 bits per heavy atom. The lowest BCUT2D eigenvalue weighted by atomic mass is 10.1. The molecule has 3 nitrogen and oxygen atoms in total. The van der Waals surface area contributed by atoms with Crippen molar-refractivity contribution in [2.75, 3.05) is 4.90 Å². The van der Waals surface area contributed by atoms with Crippen LogP contribution in [0.2, 0.25) is 0 Å². The van der Waals surface area contributed by atoms with E-state index in [2.05, 4.69) is 141 Å². The van der Waals surface area contributed by atoms with Crippen LogP contribution >= 0.6 is 0 Å². The highest BCUT2D eigenvalue weighted by Gasteiger charge is 2.25. The predicted octanol–water partition coefficient (Wildman–Crippen LogP) is 8.56. The van der Waals surface area contributed by atoms with Gasteiger partial charge in [0.25, 0.3) is 0 Å². The number of aromatic nitrogens is 2. The normalized spacial score (nSPS) is 12.0. The summed E-state index contributed by atoms with van der Waals surface area (Å²) in [5, 5.41) is 3.92. The minimum Gasteiger partial charge on any atom is -0.308 e. The molecular weight excluding hydrogens is 426 g/mol. The van der Waals surface area contributed by atoms with Gasteiger partial charge in [-0.1, -0.05) is 78.9 Å². The zero-order valence-corrected chi connectivity index (χ0v) is 19.0. The minimum absolute atomic E-state index is 1.14. The van der Waals surface area contributed by atoms with E-state index in [1.54, 1.807) is 0 Å². The van der Waals surface area contributed by atoms with E-state index in [1.165, 1.54) is 43.9 Å². The van der Waals surface area contributed by atoms with Crippen molar-refractivity contribution in [1.29, 1.82) is 0 Å². The Balaban J connectivity index is 1.61. The van der Waals surface area contributed by atoms with Crippen LogP contribution in [0.5, 0.6) is 0 Å². The molecule has 0 radical (unpaired) electrons. The summed E-state index contributed by atoms with van der Waals surface area (Å²) in [5.41, 5.74) is 9.61. The van der Waals surface area contributed by atoms with E-state index in [-0.39, 0.29) is 0 Å². The summed E-state index contributed by atoms with van der Waals surface area (Å²) in [6, 6.07) is 45.5. The molecule has 0 fully saturated rings. The summed E-state index contributed by atoms with van der Waals surface area (Å²) in [5.74, 6) is 0. The Morgan fingerprint density at radius 2 is 0.943 bits per heavy atom. The maximum atomic E-state index is 2.47. The number of rotatable bonds is 3. The fourth-order valence-electron chi connectivity index (χ4n) is 5.86.